The molecule has 0 heterocycles. The van der Waals surface area contributed by atoms with Crippen LogP contribution >= 0.6 is 0 Å². The molecule has 0 saturated carbocycles. The van der Waals surface area contributed by atoms with Crippen molar-refractivity contribution in [2.45, 2.75) is 0 Å². The van der Waals surface area contributed by atoms with Gasteiger partial charge in [0.2, 0.25) is 0 Å². The molecule has 32 heavy (non-hydrogen) atoms. The normalized spacial score (nSPS) is 10.9. The molecule has 0 N–H and O–H groups in total. The summed E-state index contributed by atoms with van der Waals surface area (Å²) >= 11 is 0. The van der Waals surface area contributed by atoms with Crippen LogP contribution in [0.15, 0.2) is 133 Å². The molecule has 0 fully saturated rings. The summed E-state index contributed by atoms with van der Waals surface area (Å²) in [5.74, 6) is 0. The summed E-state index contributed by atoms with van der Waals surface area (Å²) in [5, 5.41) is 3.68. The lowest BCUT2D eigenvalue weighted by molar-refractivity contribution is 0.156. The van der Waals surface area contributed by atoms with Crippen LogP contribution in [0.4, 0.5) is 22.7 Å². The van der Waals surface area contributed by atoms with Crippen molar-refractivity contribution in [1.82, 2.24) is 0 Å². The first-order valence-electron chi connectivity index (χ1n) is 10.6. The fourth-order valence-corrected chi connectivity index (χ4v) is 3.22. The molecule has 0 aromatic heterocycles. The van der Waals surface area contributed by atoms with Gasteiger partial charge in [-0.3, -0.25) is 9.68 Å². The van der Waals surface area contributed by atoms with E-state index in [1.807, 2.05) is 144 Å². The van der Waals surface area contributed by atoms with E-state index < -0.39 is 0 Å². The van der Waals surface area contributed by atoms with Gasteiger partial charge < -0.3 is 0 Å². The number of nitrogens with zero attached hydrogens (tertiary/aromatic N) is 2. The van der Waals surface area contributed by atoms with E-state index in [-0.39, 0.29) is 0 Å². The van der Waals surface area contributed by atoms with Crippen molar-refractivity contribution in [3.8, 4) is 0 Å². The van der Waals surface area contributed by atoms with E-state index >= 15 is 0 Å². The average Bonchev–Trinajstić information content (AvgIpc) is 2.88. The largest absolute Gasteiger partial charge is 0.264 e. The maximum absolute atomic E-state index is 6.07. The van der Waals surface area contributed by atoms with E-state index in [0.717, 1.165) is 22.7 Å². The van der Waals surface area contributed by atoms with E-state index in [1.165, 1.54) is 0 Å². The SMILES string of the molecule is C(=CCON(c1ccccc1)c1ccccc1)CON(c1ccccc1)c1ccccc1. The number of benzene rings is 4. The number of rotatable bonds is 10. The van der Waals surface area contributed by atoms with Crippen LogP contribution in [-0.4, -0.2) is 13.2 Å². The molecule has 0 spiro atoms. The van der Waals surface area contributed by atoms with Gasteiger partial charge in [0.15, 0.2) is 0 Å². The van der Waals surface area contributed by atoms with Gasteiger partial charge in [-0.15, -0.1) is 0 Å². The summed E-state index contributed by atoms with van der Waals surface area (Å²) in [6, 6.07) is 40.2. The van der Waals surface area contributed by atoms with Crippen LogP contribution in [0.25, 0.3) is 0 Å². The van der Waals surface area contributed by atoms with Crippen LogP contribution in [0, 0.1) is 0 Å². The zero-order chi connectivity index (χ0) is 21.8. The third-order valence-electron chi connectivity index (χ3n) is 4.73. The Balaban J connectivity index is 1.37. The van der Waals surface area contributed by atoms with Crippen molar-refractivity contribution in [2.75, 3.05) is 23.3 Å². The minimum atomic E-state index is 0.420. The highest BCUT2D eigenvalue weighted by Crippen LogP contribution is 2.26. The minimum Gasteiger partial charge on any atom is -0.264 e. The second-order valence-electron chi connectivity index (χ2n) is 6.99. The van der Waals surface area contributed by atoms with Gasteiger partial charge in [0.1, 0.15) is 0 Å². The standard InChI is InChI=1S/C28H26N2O2/c1-5-15-25(16-6-1)29(26-17-7-2-8-18-26)31-23-13-14-24-32-30(27-19-9-3-10-20-27)28-21-11-4-12-22-28/h1-22H,23-24H2. The Morgan fingerprint density at radius 1 is 0.406 bits per heavy atom. The second kappa shape index (κ2) is 11.5. The van der Waals surface area contributed by atoms with Gasteiger partial charge in [-0.2, -0.15) is 0 Å². The van der Waals surface area contributed by atoms with E-state index in [2.05, 4.69) is 0 Å². The second-order valence-corrected chi connectivity index (χ2v) is 6.99. The predicted molar refractivity (Wildman–Crippen MR) is 131 cm³/mol. The maximum Gasteiger partial charge on any atom is 0.0935 e. The number of hydrogen-bond donors (Lipinski definition) is 0. The predicted octanol–water partition coefficient (Wildman–Crippen LogP) is 7.08. The van der Waals surface area contributed by atoms with Gasteiger partial charge in [-0.05, 0) is 48.5 Å². The van der Waals surface area contributed by atoms with Crippen LogP contribution in [-0.2, 0) is 9.68 Å². The third kappa shape index (κ3) is 5.85. The number of hydrogen-bond acceptors (Lipinski definition) is 4. The first-order chi connectivity index (χ1) is 15.9. The Labute approximate surface area is 189 Å². The van der Waals surface area contributed by atoms with Gasteiger partial charge in [0.25, 0.3) is 0 Å². The summed E-state index contributed by atoms with van der Waals surface area (Å²) in [6.07, 6.45) is 3.93. The fourth-order valence-electron chi connectivity index (χ4n) is 3.22. The van der Waals surface area contributed by atoms with Crippen molar-refractivity contribution in [1.29, 1.82) is 0 Å². The molecule has 0 unspecified atom stereocenters. The van der Waals surface area contributed by atoms with Crippen molar-refractivity contribution < 1.29 is 9.68 Å². The first kappa shape index (κ1) is 21.4. The first-order valence-corrected chi connectivity index (χ1v) is 10.6. The summed E-state index contributed by atoms with van der Waals surface area (Å²) < 4.78 is 0. The molecule has 0 amide bonds. The summed E-state index contributed by atoms with van der Waals surface area (Å²) in [7, 11) is 0. The zero-order valence-electron chi connectivity index (χ0n) is 17.8. The van der Waals surface area contributed by atoms with E-state index in [9.17, 15) is 0 Å². The molecule has 4 heteroatoms. The lowest BCUT2D eigenvalue weighted by Crippen LogP contribution is -2.18. The molecule has 0 radical (unpaired) electrons. The number of anilines is 4. The topological polar surface area (TPSA) is 24.9 Å². The van der Waals surface area contributed by atoms with Gasteiger partial charge in [0, 0.05) is 0 Å². The molecule has 0 atom stereocenters. The molecule has 4 aromatic carbocycles. The van der Waals surface area contributed by atoms with Gasteiger partial charge >= 0.3 is 0 Å². The monoisotopic (exact) mass is 422 g/mol. The Morgan fingerprint density at radius 2 is 0.656 bits per heavy atom. The zero-order valence-corrected chi connectivity index (χ0v) is 17.8. The van der Waals surface area contributed by atoms with Gasteiger partial charge in [0.05, 0.1) is 36.0 Å². The lowest BCUT2D eigenvalue weighted by atomic mass is 10.2. The quantitative estimate of drug-likeness (QED) is 0.201. The molecule has 0 bridgehead atoms. The Bertz CT molecular complexity index is 903. The molecule has 0 saturated heterocycles. The van der Waals surface area contributed by atoms with Crippen LogP contribution in [0.2, 0.25) is 0 Å². The molecule has 4 aromatic rings. The highest BCUT2D eigenvalue weighted by molar-refractivity contribution is 5.61. The molecular weight excluding hydrogens is 396 g/mol. The minimum absolute atomic E-state index is 0.420. The molecular formula is C28H26N2O2. The molecule has 4 nitrogen and oxygen atoms in total. The van der Waals surface area contributed by atoms with E-state index in [4.69, 9.17) is 9.68 Å². The highest BCUT2D eigenvalue weighted by atomic mass is 16.7. The average molecular weight is 423 g/mol. The van der Waals surface area contributed by atoms with Crippen molar-refractivity contribution >= 4 is 22.7 Å². The Kier molecular flexibility index (Phi) is 7.69. The van der Waals surface area contributed by atoms with Crippen LogP contribution in [0.5, 0.6) is 0 Å². The van der Waals surface area contributed by atoms with Gasteiger partial charge in [-0.1, -0.05) is 84.9 Å². The Morgan fingerprint density at radius 3 is 0.906 bits per heavy atom. The van der Waals surface area contributed by atoms with Crippen molar-refractivity contribution in [2.24, 2.45) is 0 Å². The van der Waals surface area contributed by atoms with Crippen LogP contribution in [0.3, 0.4) is 0 Å². The summed E-state index contributed by atoms with van der Waals surface area (Å²) in [4.78, 5) is 12.1. The van der Waals surface area contributed by atoms with Crippen molar-refractivity contribution in [3.63, 3.8) is 0 Å². The van der Waals surface area contributed by atoms with Crippen molar-refractivity contribution in [3.05, 3.63) is 133 Å². The summed E-state index contributed by atoms with van der Waals surface area (Å²) in [5.41, 5.74) is 3.90. The molecule has 0 aliphatic carbocycles. The van der Waals surface area contributed by atoms with Crippen LogP contribution < -0.4 is 10.1 Å². The smallest absolute Gasteiger partial charge is 0.0935 e. The maximum atomic E-state index is 6.07. The lowest BCUT2D eigenvalue weighted by Gasteiger charge is -2.24. The van der Waals surface area contributed by atoms with E-state index in [1.54, 1.807) is 0 Å². The highest BCUT2D eigenvalue weighted by Gasteiger charge is 2.10. The van der Waals surface area contributed by atoms with E-state index in [0.29, 0.717) is 13.2 Å². The Hall–Kier alpha value is -3.86. The van der Waals surface area contributed by atoms with Gasteiger partial charge in [-0.25, -0.2) is 10.1 Å². The van der Waals surface area contributed by atoms with Crippen LogP contribution in [0.1, 0.15) is 0 Å². The molecule has 4 rings (SSSR count). The number of para-hydroxylation sites is 4. The molecule has 160 valence electrons. The molecule has 0 aliphatic rings. The summed E-state index contributed by atoms with van der Waals surface area (Å²) in [6.45, 7) is 0.841. The third-order valence-corrected chi connectivity index (χ3v) is 4.73. The molecule has 0 aliphatic heterocycles. The fraction of sp³-hybridized carbons (Fsp3) is 0.0714.